The number of fused-ring (bicyclic) bond motifs is 1. The molecule has 0 bridgehead atoms. The van der Waals surface area contributed by atoms with Crippen LogP contribution >= 0.6 is 23.5 Å². The van der Waals surface area contributed by atoms with E-state index >= 15 is 0 Å². The third-order valence-corrected chi connectivity index (χ3v) is 6.01. The second kappa shape index (κ2) is 6.02. The van der Waals surface area contributed by atoms with Crippen molar-refractivity contribution in [3.8, 4) is 0 Å². The molecule has 8 nitrogen and oxygen atoms in total. The van der Waals surface area contributed by atoms with Gasteiger partial charge in [0, 0.05) is 29.6 Å². The van der Waals surface area contributed by atoms with Gasteiger partial charge in [0.1, 0.15) is 17.1 Å². The molecule has 2 atom stereocenters. The van der Waals surface area contributed by atoms with Gasteiger partial charge in [-0.25, -0.2) is 4.79 Å². The van der Waals surface area contributed by atoms with Crippen LogP contribution in [0.1, 0.15) is 5.69 Å². The number of carboxylic acid groups (broad SMARTS) is 1. The summed E-state index contributed by atoms with van der Waals surface area (Å²) in [5.41, 5.74) is 6.82. The van der Waals surface area contributed by atoms with Crippen LogP contribution in [0.15, 0.2) is 28.4 Å². The van der Waals surface area contributed by atoms with Gasteiger partial charge in [0.25, 0.3) is 0 Å². The van der Waals surface area contributed by atoms with Crippen LogP contribution in [0.5, 0.6) is 0 Å². The van der Waals surface area contributed by atoms with Gasteiger partial charge in [-0.3, -0.25) is 9.69 Å². The molecular weight excluding hydrogens is 340 g/mol. The largest absolute Gasteiger partial charge is 0.594 e. The number of carboxylic acids is 1. The lowest BCUT2D eigenvalue weighted by molar-refractivity contribution is -0.679. The highest BCUT2D eigenvalue weighted by Gasteiger charge is 2.51. The van der Waals surface area contributed by atoms with E-state index in [1.54, 1.807) is 19.1 Å². The van der Waals surface area contributed by atoms with Crippen molar-refractivity contribution < 1.29 is 19.5 Å². The minimum atomic E-state index is -1.14. The Hall–Kier alpha value is -1.78. The van der Waals surface area contributed by atoms with Crippen molar-refractivity contribution in [3.63, 3.8) is 0 Å². The quantitative estimate of drug-likeness (QED) is 0.327. The number of aromatic nitrogens is 2. The van der Waals surface area contributed by atoms with Gasteiger partial charge in [-0.1, -0.05) is 16.6 Å². The minimum absolute atomic E-state index is 0.00932. The van der Waals surface area contributed by atoms with Gasteiger partial charge in [-0.05, 0) is 11.6 Å². The van der Waals surface area contributed by atoms with Crippen molar-refractivity contribution in [1.82, 2.24) is 10.00 Å². The summed E-state index contributed by atoms with van der Waals surface area (Å²) < 4.78 is 0. The van der Waals surface area contributed by atoms with Gasteiger partial charge < -0.3 is 16.0 Å². The average molecular weight is 354 g/mol. The molecule has 0 aliphatic carbocycles. The molecule has 3 N–H and O–H groups in total. The molecule has 0 aromatic carbocycles. The van der Waals surface area contributed by atoms with Gasteiger partial charge in [0.05, 0.1) is 0 Å². The number of aryl methyl sites for hydroxylation is 1. The molecule has 1 saturated heterocycles. The monoisotopic (exact) mass is 354 g/mol. The molecule has 1 amide bonds. The van der Waals surface area contributed by atoms with Crippen molar-refractivity contribution in [2.24, 2.45) is 5.73 Å². The molecule has 1 aromatic rings. The fraction of sp³-hybridized carbons (Fsp3) is 0.385. The first-order valence-electron chi connectivity index (χ1n) is 6.76. The Bertz CT molecular complexity index is 724. The van der Waals surface area contributed by atoms with Gasteiger partial charge in [-0.2, -0.15) is 0 Å². The third-order valence-electron chi connectivity index (χ3n) is 3.64. The SMILES string of the molecule is Cc1ccc(SCC2=C(C(=O)O)N3C(=O)[C@@H](N)[C@H]3SC2)n[n+]1[O-]. The third kappa shape index (κ3) is 2.77. The van der Waals surface area contributed by atoms with E-state index in [0.717, 1.165) is 0 Å². The van der Waals surface area contributed by atoms with Crippen molar-refractivity contribution in [1.29, 1.82) is 0 Å². The molecule has 0 spiro atoms. The van der Waals surface area contributed by atoms with Crippen LogP contribution in [-0.2, 0) is 9.59 Å². The number of hydrogen-bond acceptors (Lipinski definition) is 7. The maximum atomic E-state index is 11.8. The first-order chi connectivity index (χ1) is 10.9. The highest BCUT2D eigenvalue weighted by Crippen LogP contribution is 2.40. The Labute approximate surface area is 140 Å². The molecule has 0 unspecified atom stereocenters. The van der Waals surface area contributed by atoms with Gasteiger partial charge in [0.15, 0.2) is 5.03 Å². The Morgan fingerprint density at radius 3 is 3.04 bits per heavy atom. The molecule has 2 aliphatic heterocycles. The fourth-order valence-corrected chi connectivity index (χ4v) is 4.67. The maximum Gasteiger partial charge on any atom is 0.352 e. The smallest absolute Gasteiger partial charge is 0.352 e. The molecule has 122 valence electrons. The fourth-order valence-electron chi connectivity index (χ4n) is 2.39. The summed E-state index contributed by atoms with van der Waals surface area (Å²) in [7, 11) is 0. The average Bonchev–Trinajstić information content (AvgIpc) is 2.54. The van der Waals surface area contributed by atoms with Crippen LogP contribution in [0, 0.1) is 12.1 Å². The predicted octanol–water partition coefficient (Wildman–Crippen LogP) is -0.303. The molecule has 1 aromatic heterocycles. The van der Waals surface area contributed by atoms with E-state index in [4.69, 9.17) is 5.73 Å². The van der Waals surface area contributed by atoms with Gasteiger partial charge in [0.2, 0.25) is 11.6 Å². The Morgan fingerprint density at radius 1 is 1.65 bits per heavy atom. The Kier molecular flexibility index (Phi) is 4.21. The number of carbonyl (C=O) groups is 2. The van der Waals surface area contributed by atoms with E-state index in [1.807, 2.05) is 0 Å². The summed E-state index contributed by atoms with van der Waals surface area (Å²) in [5, 5.41) is 24.9. The molecular formula is C13H14N4O4S2. The summed E-state index contributed by atoms with van der Waals surface area (Å²) in [6.45, 7) is 1.65. The summed E-state index contributed by atoms with van der Waals surface area (Å²) in [6.07, 6.45) is 0. The molecule has 0 saturated carbocycles. The zero-order valence-corrected chi connectivity index (χ0v) is 13.8. The van der Waals surface area contributed by atoms with Gasteiger partial charge >= 0.3 is 5.97 Å². The zero-order valence-electron chi connectivity index (χ0n) is 12.1. The zero-order chi connectivity index (χ0) is 16.7. The van der Waals surface area contributed by atoms with E-state index in [2.05, 4.69) is 5.10 Å². The summed E-state index contributed by atoms with van der Waals surface area (Å²) >= 11 is 2.72. The van der Waals surface area contributed by atoms with Crippen LogP contribution in [-0.4, -0.2) is 49.9 Å². The van der Waals surface area contributed by atoms with E-state index < -0.39 is 12.0 Å². The topological polar surface area (TPSA) is 123 Å². The van der Waals surface area contributed by atoms with Crippen molar-refractivity contribution in [3.05, 3.63) is 34.3 Å². The van der Waals surface area contributed by atoms with Crippen LogP contribution in [0.2, 0.25) is 0 Å². The Balaban J connectivity index is 1.81. The second-order valence-electron chi connectivity index (χ2n) is 5.17. The first kappa shape index (κ1) is 16.1. The van der Waals surface area contributed by atoms with Gasteiger partial charge in [-0.15, -0.1) is 11.8 Å². The number of aliphatic carboxylic acids is 1. The lowest BCUT2D eigenvalue weighted by Gasteiger charge is -2.48. The highest BCUT2D eigenvalue weighted by molar-refractivity contribution is 8.01. The van der Waals surface area contributed by atoms with E-state index in [0.29, 0.717) is 32.6 Å². The van der Waals surface area contributed by atoms with E-state index in [1.165, 1.54) is 28.4 Å². The Morgan fingerprint density at radius 2 is 2.39 bits per heavy atom. The molecule has 23 heavy (non-hydrogen) atoms. The van der Waals surface area contributed by atoms with Crippen LogP contribution in [0.25, 0.3) is 0 Å². The molecule has 3 rings (SSSR count). The summed E-state index contributed by atoms with van der Waals surface area (Å²) in [5.74, 6) is -0.675. The summed E-state index contributed by atoms with van der Waals surface area (Å²) in [6, 6.07) is 2.72. The summed E-state index contributed by atoms with van der Waals surface area (Å²) in [4.78, 5) is 25.2. The number of thioether (sulfide) groups is 2. The minimum Gasteiger partial charge on any atom is -0.594 e. The van der Waals surface area contributed by atoms with Crippen LogP contribution < -0.4 is 10.6 Å². The highest BCUT2D eigenvalue weighted by atomic mass is 32.2. The molecule has 3 heterocycles. The molecule has 2 aliphatic rings. The number of hydrogen-bond donors (Lipinski definition) is 2. The molecule has 1 fully saturated rings. The molecule has 0 radical (unpaired) electrons. The standard InChI is InChI=1S/C13H14N4O4S2/c1-6-2-3-8(15-17(6)21)22-4-7-5-23-12-9(14)11(18)16(12)10(7)13(19)20/h2-3,9,12H,4-5,14H2,1H3,(H,19,20)/t9-,12-/m1/s1. The number of β-lactam (4-membered cyclic amide) rings is 1. The first-order valence-corrected chi connectivity index (χ1v) is 8.79. The van der Waals surface area contributed by atoms with Crippen molar-refractivity contribution in [2.45, 2.75) is 23.4 Å². The number of nitrogens with two attached hydrogens (primary N) is 1. The van der Waals surface area contributed by atoms with Crippen LogP contribution in [0.3, 0.4) is 0 Å². The number of carbonyl (C=O) groups excluding carboxylic acids is 1. The number of nitrogens with zero attached hydrogens (tertiary/aromatic N) is 3. The van der Waals surface area contributed by atoms with E-state index in [-0.39, 0.29) is 17.0 Å². The number of amides is 1. The van der Waals surface area contributed by atoms with Crippen molar-refractivity contribution >= 4 is 35.4 Å². The van der Waals surface area contributed by atoms with Crippen molar-refractivity contribution in [2.75, 3.05) is 11.5 Å². The normalized spacial score (nSPS) is 23.6. The van der Waals surface area contributed by atoms with Crippen LogP contribution in [0.4, 0.5) is 0 Å². The predicted molar refractivity (Wildman–Crippen MR) is 84.4 cm³/mol. The maximum absolute atomic E-state index is 11.8. The molecule has 10 heteroatoms. The number of rotatable bonds is 4. The lowest BCUT2D eigenvalue weighted by Crippen LogP contribution is -2.68. The second-order valence-corrected chi connectivity index (χ2v) is 7.27. The van der Waals surface area contributed by atoms with E-state index in [9.17, 15) is 19.9 Å². The lowest BCUT2D eigenvalue weighted by atomic mass is 10.0.